The van der Waals surface area contributed by atoms with Gasteiger partial charge in [0.1, 0.15) is 0 Å². The van der Waals surface area contributed by atoms with Crippen LogP contribution in [0.15, 0.2) is 12.2 Å². The Bertz CT molecular complexity index is 1060. The number of nitrogens with one attached hydrogen (secondary N) is 1. The van der Waals surface area contributed by atoms with Gasteiger partial charge in [0.15, 0.2) is 0 Å². The maximum absolute atomic E-state index is 12.5. The van der Waals surface area contributed by atoms with Crippen molar-refractivity contribution >= 4 is 11.9 Å². The predicted molar refractivity (Wildman–Crippen MR) is 310 cm³/mol. The lowest BCUT2D eigenvalue weighted by Gasteiger charge is -2.22. The first-order valence-electron chi connectivity index (χ1n) is 32.4. The molecule has 2 unspecified atom stereocenters. The van der Waals surface area contributed by atoms with Crippen LogP contribution in [0.25, 0.3) is 0 Å². The van der Waals surface area contributed by atoms with Crippen molar-refractivity contribution in [3.8, 4) is 0 Å². The van der Waals surface area contributed by atoms with E-state index in [0.29, 0.717) is 25.9 Å². The molecule has 0 aromatic carbocycles. The summed E-state index contributed by atoms with van der Waals surface area (Å²) in [6, 6.07) is -0.541. The first-order valence-corrected chi connectivity index (χ1v) is 32.4. The Morgan fingerprint density at radius 2 is 0.662 bits per heavy atom. The summed E-state index contributed by atoms with van der Waals surface area (Å²) in [5.41, 5.74) is 0. The van der Waals surface area contributed by atoms with Gasteiger partial charge < -0.3 is 20.3 Å². The lowest BCUT2D eigenvalue weighted by Crippen LogP contribution is -2.45. The van der Waals surface area contributed by atoms with Crippen LogP contribution >= 0.6 is 0 Å². The molecule has 1 amide bonds. The topological polar surface area (TPSA) is 95.9 Å². The van der Waals surface area contributed by atoms with Crippen molar-refractivity contribution in [3.05, 3.63) is 12.2 Å². The number of aliphatic hydroxyl groups excluding tert-OH is 2. The summed E-state index contributed by atoms with van der Waals surface area (Å²) in [6.45, 7) is 4.98. The second-order valence-electron chi connectivity index (χ2n) is 22.5. The van der Waals surface area contributed by atoms with Crippen molar-refractivity contribution in [2.75, 3.05) is 13.2 Å². The predicted octanol–water partition coefficient (Wildman–Crippen LogP) is 20.4. The molecule has 0 radical (unpaired) electrons. The van der Waals surface area contributed by atoms with Crippen LogP contribution in [-0.2, 0) is 14.3 Å². The van der Waals surface area contributed by atoms with E-state index in [1.807, 2.05) is 0 Å². The molecular weight excluding hydrogens is 875 g/mol. The van der Waals surface area contributed by atoms with Crippen LogP contribution < -0.4 is 5.32 Å². The van der Waals surface area contributed by atoms with Crippen molar-refractivity contribution in [1.29, 1.82) is 0 Å². The largest absolute Gasteiger partial charge is 0.466 e. The summed E-state index contributed by atoms with van der Waals surface area (Å²) >= 11 is 0. The molecule has 0 aliphatic heterocycles. The van der Waals surface area contributed by atoms with Crippen molar-refractivity contribution in [2.45, 2.75) is 379 Å². The van der Waals surface area contributed by atoms with Crippen molar-refractivity contribution in [3.63, 3.8) is 0 Å². The minimum absolute atomic E-state index is 0.0185. The minimum atomic E-state index is -0.663. The summed E-state index contributed by atoms with van der Waals surface area (Å²) < 4.78 is 5.50. The fourth-order valence-electron chi connectivity index (χ4n) is 10.3. The van der Waals surface area contributed by atoms with E-state index < -0.39 is 12.1 Å². The Hall–Kier alpha value is -1.40. The average Bonchev–Trinajstić information content (AvgIpc) is 3.37. The monoisotopic (exact) mass is 1000 g/mol. The number of allylic oxidation sites excluding steroid dienone is 2. The quantitative estimate of drug-likeness (QED) is 0.0320. The third kappa shape index (κ3) is 57.7. The highest BCUT2D eigenvalue weighted by Crippen LogP contribution is 2.18. The standard InChI is InChI=1S/C65H127NO5/c1-3-5-7-9-11-13-15-17-18-32-35-39-43-47-51-55-59-65(70)71-60-56-52-48-44-40-36-33-30-28-26-24-22-20-19-21-23-25-27-29-31-34-38-42-46-50-54-58-64(69)66-62(61-67)63(68)57-53-49-45-41-37-16-14-12-10-8-6-4-2/h19,21,62-63,67-68H,3-18,20,22-61H2,1-2H3,(H,66,69)/b21-19-. The zero-order valence-corrected chi connectivity index (χ0v) is 48.2. The Labute approximate surface area is 444 Å². The first kappa shape index (κ1) is 69.6. The van der Waals surface area contributed by atoms with E-state index in [1.165, 1.54) is 295 Å². The molecule has 0 aromatic rings. The first-order chi connectivity index (χ1) is 35.0. The average molecular weight is 1000 g/mol. The molecule has 71 heavy (non-hydrogen) atoms. The number of amides is 1. The second-order valence-corrected chi connectivity index (χ2v) is 22.5. The van der Waals surface area contributed by atoms with Crippen LogP contribution in [0.3, 0.4) is 0 Å². The third-order valence-electron chi connectivity index (χ3n) is 15.3. The lowest BCUT2D eigenvalue weighted by atomic mass is 10.0. The van der Waals surface area contributed by atoms with Gasteiger partial charge in [0.05, 0.1) is 25.4 Å². The zero-order valence-electron chi connectivity index (χ0n) is 48.2. The number of ether oxygens (including phenoxy) is 1. The number of rotatable bonds is 61. The number of carbonyl (C=O) groups excluding carboxylic acids is 2. The molecule has 0 heterocycles. The molecule has 0 fully saturated rings. The van der Waals surface area contributed by atoms with Crippen molar-refractivity contribution in [2.24, 2.45) is 0 Å². The number of hydrogen-bond acceptors (Lipinski definition) is 5. The van der Waals surface area contributed by atoms with Gasteiger partial charge in [-0.05, 0) is 51.4 Å². The molecule has 2 atom stereocenters. The summed E-state index contributed by atoms with van der Waals surface area (Å²) in [4.78, 5) is 24.5. The van der Waals surface area contributed by atoms with E-state index in [2.05, 4.69) is 31.3 Å². The summed E-state index contributed by atoms with van der Waals surface area (Å²) in [6.07, 6.45) is 73.8. The van der Waals surface area contributed by atoms with E-state index in [1.54, 1.807) is 0 Å². The highest BCUT2D eigenvalue weighted by atomic mass is 16.5. The highest BCUT2D eigenvalue weighted by Gasteiger charge is 2.20. The van der Waals surface area contributed by atoms with E-state index in [4.69, 9.17) is 4.74 Å². The number of esters is 1. The Balaban J connectivity index is 3.35. The van der Waals surface area contributed by atoms with Gasteiger partial charge in [-0.1, -0.05) is 315 Å². The van der Waals surface area contributed by atoms with Crippen molar-refractivity contribution < 1.29 is 24.5 Å². The molecule has 0 saturated carbocycles. The van der Waals surface area contributed by atoms with Gasteiger partial charge in [0, 0.05) is 12.8 Å². The molecule has 0 saturated heterocycles. The smallest absolute Gasteiger partial charge is 0.305 e. The Morgan fingerprint density at radius 3 is 1.00 bits per heavy atom. The highest BCUT2D eigenvalue weighted by molar-refractivity contribution is 5.76. The van der Waals surface area contributed by atoms with Crippen LogP contribution in [0, 0.1) is 0 Å². The molecule has 3 N–H and O–H groups in total. The van der Waals surface area contributed by atoms with Crippen LogP contribution in [0.1, 0.15) is 367 Å². The van der Waals surface area contributed by atoms with Gasteiger partial charge in [-0.25, -0.2) is 0 Å². The van der Waals surface area contributed by atoms with Crippen LogP contribution in [0.4, 0.5) is 0 Å². The number of hydrogen-bond donors (Lipinski definition) is 3. The SMILES string of the molecule is CCCCCCCCCCCCCCCCCCC(=O)OCCCCCCCCCCCCCC/C=C\CCCCCCCCCCCCC(=O)NC(CO)C(O)CCCCCCCCCCCCCC. The Kier molecular flexibility index (Phi) is 59.9. The molecule has 6 nitrogen and oxygen atoms in total. The van der Waals surface area contributed by atoms with E-state index in [9.17, 15) is 19.8 Å². The maximum atomic E-state index is 12.5. The van der Waals surface area contributed by atoms with Crippen LogP contribution in [0.2, 0.25) is 0 Å². The number of aliphatic hydroxyl groups is 2. The van der Waals surface area contributed by atoms with Gasteiger partial charge in [0.25, 0.3) is 0 Å². The van der Waals surface area contributed by atoms with Gasteiger partial charge in [-0.2, -0.15) is 0 Å². The fourth-order valence-corrected chi connectivity index (χ4v) is 10.3. The van der Waals surface area contributed by atoms with E-state index in [0.717, 1.165) is 38.5 Å². The van der Waals surface area contributed by atoms with Crippen LogP contribution in [-0.4, -0.2) is 47.4 Å². The summed E-state index contributed by atoms with van der Waals surface area (Å²) in [7, 11) is 0. The van der Waals surface area contributed by atoms with Crippen molar-refractivity contribution in [1.82, 2.24) is 5.32 Å². The van der Waals surface area contributed by atoms with Crippen LogP contribution in [0.5, 0.6) is 0 Å². The molecule has 422 valence electrons. The van der Waals surface area contributed by atoms with Gasteiger partial charge in [-0.15, -0.1) is 0 Å². The number of carbonyl (C=O) groups is 2. The van der Waals surface area contributed by atoms with E-state index >= 15 is 0 Å². The van der Waals surface area contributed by atoms with Gasteiger partial charge in [0.2, 0.25) is 5.91 Å². The zero-order chi connectivity index (χ0) is 51.4. The molecule has 0 aliphatic carbocycles. The molecule has 0 bridgehead atoms. The molecule has 6 heteroatoms. The molecule has 0 aliphatic rings. The lowest BCUT2D eigenvalue weighted by molar-refractivity contribution is -0.143. The third-order valence-corrected chi connectivity index (χ3v) is 15.3. The van der Waals surface area contributed by atoms with Gasteiger partial charge >= 0.3 is 5.97 Å². The van der Waals surface area contributed by atoms with E-state index in [-0.39, 0.29) is 18.5 Å². The minimum Gasteiger partial charge on any atom is -0.466 e. The summed E-state index contributed by atoms with van der Waals surface area (Å²) in [5.74, 6) is -0.0170. The second kappa shape index (κ2) is 61.1. The number of unbranched alkanes of at least 4 members (excludes halogenated alkanes) is 48. The molecule has 0 spiro atoms. The van der Waals surface area contributed by atoms with Gasteiger partial charge in [-0.3, -0.25) is 9.59 Å². The summed E-state index contributed by atoms with van der Waals surface area (Å²) in [5, 5.41) is 23.2. The normalized spacial score (nSPS) is 12.6. The maximum Gasteiger partial charge on any atom is 0.305 e. The molecule has 0 aromatic heterocycles. The molecular formula is C65H127NO5. The molecule has 0 rings (SSSR count). The fraction of sp³-hybridized carbons (Fsp3) is 0.938. The Morgan fingerprint density at radius 1 is 0.380 bits per heavy atom.